The van der Waals surface area contributed by atoms with E-state index in [9.17, 15) is 19.7 Å². The van der Waals surface area contributed by atoms with Crippen LogP contribution in [0, 0.1) is 10.1 Å². The molecule has 0 bridgehead atoms. The van der Waals surface area contributed by atoms with E-state index in [-0.39, 0.29) is 18.1 Å². The average Bonchev–Trinajstić information content (AvgIpc) is 2.52. The lowest BCUT2D eigenvalue weighted by Crippen LogP contribution is -2.40. The van der Waals surface area contributed by atoms with Crippen molar-refractivity contribution in [2.75, 3.05) is 0 Å². The van der Waals surface area contributed by atoms with Crippen molar-refractivity contribution in [1.82, 2.24) is 10.2 Å². The summed E-state index contributed by atoms with van der Waals surface area (Å²) < 4.78 is 0. The normalized spacial score (nSPS) is 17.5. The summed E-state index contributed by atoms with van der Waals surface area (Å²) in [5.74, 6) is -0.309. The Bertz CT molecular complexity index is 551. The summed E-state index contributed by atoms with van der Waals surface area (Å²) in [6.45, 7) is 3.36. The first kappa shape index (κ1) is 13.0. The van der Waals surface area contributed by atoms with Gasteiger partial charge in [-0.05, 0) is 19.4 Å². The smallest absolute Gasteiger partial charge is 0.324 e. The Hall–Kier alpha value is -2.44. The lowest BCUT2D eigenvalue weighted by molar-refractivity contribution is -0.384. The number of non-ortho nitro benzene ring substituents is 1. The monoisotopic (exact) mass is 263 g/mol. The molecule has 1 N–H and O–H groups in total. The summed E-state index contributed by atoms with van der Waals surface area (Å²) in [5, 5.41) is 13.1. The molecule has 0 spiro atoms. The number of rotatable bonds is 3. The standard InChI is InChI=1S/C12H13N3O4/c1-12(2)10(16)14(11(17)13-12)7-8-3-5-9(6-4-8)15(18)19/h3-6H,7H2,1-2H3,(H,13,17). The zero-order chi connectivity index (χ0) is 14.2. The van der Waals surface area contributed by atoms with Gasteiger partial charge in [0.05, 0.1) is 11.5 Å². The number of nitro benzene ring substituents is 1. The van der Waals surface area contributed by atoms with Crippen LogP contribution in [0.4, 0.5) is 10.5 Å². The van der Waals surface area contributed by atoms with Gasteiger partial charge in [0.2, 0.25) is 0 Å². The summed E-state index contributed by atoms with van der Waals surface area (Å²) >= 11 is 0. The van der Waals surface area contributed by atoms with E-state index >= 15 is 0 Å². The first-order chi connectivity index (χ1) is 8.81. The SMILES string of the molecule is CC1(C)NC(=O)N(Cc2ccc([N+](=O)[O-])cc2)C1=O. The summed E-state index contributed by atoms with van der Waals surface area (Å²) in [5.41, 5.74) is -0.272. The van der Waals surface area contributed by atoms with E-state index in [0.29, 0.717) is 5.56 Å². The fourth-order valence-electron chi connectivity index (χ4n) is 1.87. The van der Waals surface area contributed by atoms with E-state index < -0.39 is 16.5 Å². The molecule has 7 nitrogen and oxygen atoms in total. The highest BCUT2D eigenvalue weighted by Gasteiger charge is 2.43. The van der Waals surface area contributed by atoms with Crippen molar-refractivity contribution in [3.8, 4) is 0 Å². The highest BCUT2D eigenvalue weighted by atomic mass is 16.6. The Morgan fingerprint density at radius 3 is 2.26 bits per heavy atom. The van der Waals surface area contributed by atoms with Crippen LogP contribution >= 0.6 is 0 Å². The van der Waals surface area contributed by atoms with Crippen LogP contribution in [0.3, 0.4) is 0 Å². The zero-order valence-corrected chi connectivity index (χ0v) is 10.5. The second kappa shape index (κ2) is 4.34. The van der Waals surface area contributed by atoms with Gasteiger partial charge in [-0.3, -0.25) is 19.8 Å². The fraction of sp³-hybridized carbons (Fsp3) is 0.333. The average molecular weight is 263 g/mol. The molecule has 0 unspecified atom stereocenters. The predicted molar refractivity (Wildman–Crippen MR) is 66.3 cm³/mol. The first-order valence-corrected chi connectivity index (χ1v) is 5.69. The Labute approximate surface area is 109 Å². The third-order valence-corrected chi connectivity index (χ3v) is 2.93. The lowest BCUT2D eigenvalue weighted by Gasteiger charge is -2.15. The minimum absolute atomic E-state index is 0.0266. The van der Waals surface area contributed by atoms with Crippen LogP contribution in [-0.2, 0) is 11.3 Å². The molecule has 1 aliphatic rings. The second-order valence-electron chi connectivity index (χ2n) is 4.87. The van der Waals surface area contributed by atoms with Crippen LogP contribution in [0.5, 0.6) is 0 Å². The predicted octanol–water partition coefficient (Wildman–Crippen LogP) is 1.43. The van der Waals surface area contributed by atoms with Crippen LogP contribution < -0.4 is 5.32 Å². The molecule has 100 valence electrons. The summed E-state index contributed by atoms with van der Waals surface area (Å²) in [6, 6.07) is 5.31. The molecule has 2 rings (SSSR count). The summed E-state index contributed by atoms with van der Waals surface area (Å²) in [6.07, 6.45) is 0. The van der Waals surface area contributed by atoms with Crippen LogP contribution in [0.15, 0.2) is 24.3 Å². The largest absolute Gasteiger partial charge is 0.325 e. The van der Waals surface area contributed by atoms with E-state index in [4.69, 9.17) is 0 Å². The fourth-order valence-corrected chi connectivity index (χ4v) is 1.87. The Morgan fingerprint density at radius 1 is 1.26 bits per heavy atom. The highest BCUT2D eigenvalue weighted by molar-refractivity contribution is 6.06. The van der Waals surface area contributed by atoms with Crippen molar-refractivity contribution in [3.63, 3.8) is 0 Å². The number of hydrogen-bond donors (Lipinski definition) is 1. The molecule has 19 heavy (non-hydrogen) atoms. The molecule has 3 amide bonds. The number of urea groups is 1. The Morgan fingerprint density at radius 2 is 1.84 bits per heavy atom. The first-order valence-electron chi connectivity index (χ1n) is 5.69. The van der Waals surface area contributed by atoms with Crippen LogP contribution in [0.1, 0.15) is 19.4 Å². The molecule has 1 heterocycles. The van der Waals surface area contributed by atoms with Crippen LogP contribution in [0.25, 0.3) is 0 Å². The minimum Gasteiger partial charge on any atom is -0.324 e. The van der Waals surface area contributed by atoms with Crippen molar-refractivity contribution in [2.24, 2.45) is 0 Å². The van der Waals surface area contributed by atoms with Gasteiger partial charge in [0.1, 0.15) is 5.54 Å². The van der Waals surface area contributed by atoms with Crippen molar-refractivity contribution < 1.29 is 14.5 Å². The molecular weight excluding hydrogens is 250 g/mol. The maximum absolute atomic E-state index is 12.0. The highest BCUT2D eigenvalue weighted by Crippen LogP contribution is 2.20. The van der Waals surface area contributed by atoms with E-state index in [1.165, 1.54) is 24.3 Å². The van der Waals surface area contributed by atoms with Crippen molar-refractivity contribution in [3.05, 3.63) is 39.9 Å². The van der Waals surface area contributed by atoms with E-state index in [1.54, 1.807) is 13.8 Å². The maximum atomic E-state index is 12.0. The molecule has 0 atom stereocenters. The molecule has 0 saturated carbocycles. The topological polar surface area (TPSA) is 92.6 Å². The van der Waals surface area contributed by atoms with E-state index in [0.717, 1.165) is 4.90 Å². The summed E-state index contributed by atoms with van der Waals surface area (Å²) in [7, 11) is 0. The van der Waals surface area contributed by atoms with Gasteiger partial charge in [-0.2, -0.15) is 0 Å². The molecule has 1 saturated heterocycles. The van der Waals surface area contributed by atoms with Gasteiger partial charge in [0.25, 0.3) is 11.6 Å². The number of nitrogens with one attached hydrogen (secondary N) is 1. The van der Waals surface area contributed by atoms with E-state index in [2.05, 4.69) is 5.32 Å². The number of hydrogen-bond acceptors (Lipinski definition) is 4. The molecule has 0 aliphatic carbocycles. The molecule has 1 fully saturated rings. The summed E-state index contributed by atoms with van der Waals surface area (Å²) in [4.78, 5) is 34.7. The van der Waals surface area contributed by atoms with Gasteiger partial charge < -0.3 is 5.32 Å². The third-order valence-electron chi connectivity index (χ3n) is 2.93. The number of carbonyl (C=O) groups excluding carboxylic acids is 2. The van der Waals surface area contributed by atoms with Crippen molar-refractivity contribution in [2.45, 2.75) is 25.9 Å². The minimum atomic E-state index is -0.905. The molecule has 1 aromatic rings. The maximum Gasteiger partial charge on any atom is 0.325 e. The van der Waals surface area contributed by atoms with Gasteiger partial charge in [-0.1, -0.05) is 12.1 Å². The Balaban J connectivity index is 2.16. The number of benzene rings is 1. The zero-order valence-electron chi connectivity index (χ0n) is 10.5. The third kappa shape index (κ3) is 2.40. The molecule has 1 aliphatic heterocycles. The van der Waals surface area contributed by atoms with Gasteiger partial charge in [-0.15, -0.1) is 0 Å². The van der Waals surface area contributed by atoms with Gasteiger partial charge in [0, 0.05) is 12.1 Å². The van der Waals surface area contributed by atoms with Crippen LogP contribution in [-0.4, -0.2) is 27.3 Å². The Kier molecular flexibility index (Phi) is 2.97. The number of nitro groups is 1. The van der Waals surface area contributed by atoms with Gasteiger partial charge in [-0.25, -0.2) is 4.79 Å². The van der Waals surface area contributed by atoms with Crippen molar-refractivity contribution >= 4 is 17.6 Å². The number of carbonyl (C=O) groups is 2. The van der Waals surface area contributed by atoms with Gasteiger partial charge in [0.15, 0.2) is 0 Å². The number of imide groups is 1. The molecule has 0 aromatic heterocycles. The van der Waals surface area contributed by atoms with Gasteiger partial charge >= 0.3 is 6.03 Å². The van der Waals surface area contributed by atoms with Crippen LogP contribution in [0.2, 0.25) is 0 Å². The molecule has 1 aromatic carbocycles. The second-order valence-corrected chi connectivity index (χ2v) is 4.87. The number of nitrogens with zero attached hydrogens (tertiary/aromatic N) is 2. The van der Waals surface area contributed by atoms with E-state index in [1.807, 2.05) is 0 Å². The lowest BCUT2D eigenvalue weighted by atomic mass is 10.1. The molecule has 0 radical (unpaired) electrons. The molecular formula is C12H13N3O4. The quantitative estimate of drug-likeness (QED) is 0.507. The molecule has 7 heteroatoms. The van der Waals surface area contributed by atoms with Crippen molar-refractivity contribution in [1.29, 1.82) is 0 Å². The number of amides is 3.